The first-order chi connectivity index (χ1) is 21.6. The number of anilines is 2. The number of aromatic nitrogens is 6. The molecule has 0 unspecified atom stereocenters. The quantitative estimate of drug-likeness (QED) is 0.203. The molecule has 12 nitrogen and oxygen atoms in total. The summed E-state index contributed by atoms with van der Waals surface area (Å²) in [5.74, 6) is 1.97. The average Bonchev–Trinajstić information content (AvgIpc) is 3.10. The minimum absolute atomic E-state index is 0.369. The van der Waals surface area contributed by atoms with Gasteiger partial charge in [-0.3, -0.25) is 14.8 Å². The molecule has 1 fully saturated rings. The molecular weight excluding hydrogens is 556 g/mol. The Morgan fingerprint density at radius 1 is 0.773 bits per heavy atom. The van der Waals surface area contributed by atoms with Crippen molar-refractivity contribution in [2.45, 2.75) is 70.9 Å². The highest BCUT2D eigenvalue weighted by Crippen LogP contribution is 2.31. The molecule has 44 heavy (non-hydrogen) atoms. The Morgan fingerprint density at radius 3 is 1.95 bits per heavy atom. The number of pyridine rings is 2. The van der Waals surface area contributed by atoms with Gasteiger partial charge in [-0.25, -0.2) is 0 Å². The normalized spacial score (nSPS) is 12.1. The van der Waals surface area contributed by atoms with Crippen LogP contribution in [0.1, 0.15) is 73.4 Å². The lowest BCUT2D eigenvalue weighted by Crippen LogP contribution is -2.07. The van der Waals surface area contributed by atoms with Gasteiger partial charge in [-0.2, -0.15) is 10.2 Å². The van der Waals surface area contributed by atoms with E-state index in [1.807, 2.05) is 49.5 Å². The maximum atomic E-state index is 10.1. The van der Waals surface area contributed by atoms with Crippen molar-refractivity contribution in [2.24, 2.45) is 11.5 Å². The van der Waals surface area contributed by atoms with Crippen molar-refractivity contribution < 1.29 is 9.59 Å². The van der Waals surface area contributed by atoms with Crippen LogP contribution in [0.2, 0.25) is 0 Å². The molecule has 1 aliphatic carbocycles. The van der Waals surface area contributed by atoms with Crippen LogP contribution in [0.4, 0.5) is 11.6 Å². The third kappa shape index (κ3) is 14.0. The van der Waals surface area contributed by atoms with E-state index in [9.17, 15) is 9.59 Å². The number of hydrogen-bond acceptors (Lipinski definition) is 11. The van der Waals surface area contributed by atoms with Gasteiger partial charge in [0.1, 0.15) is 12.1 Å². The Hall–Kier alpha value is -4.68. The van der Waals surface area contributed by atoms with Crippen molar-refractivity contribution in [1.29, 1.82) is 0 Å². The summed E-state index contributed by atoms with van der Waals surface area (Å²) in [7, 11) is 1.87. The number of carbonyl (C=O) groups is 2. The van der Waals surface area contributed by atoms with Crippen molar-refractivity contribution in [2.75, 3.05) is 17.7 Å². The van der Waals surface area contributed by atoms with Crippen molar-refractivity contribution in [3.63, 3.8) is 0 Å². The highest BCUT2D eigenvalue weighted by molar-refractivity contribution is 5.68. The molecule has 0 radical (unpaired) electrons. The van der Waals surface area contributed by atoms with Gasteiger partial charge >= 0.3 is 0 Å². The fourth-order valence-corrected chi connectivity index (χ4v) is 4.21. The SMILES string of the molecule is CCc1cccc(CN)n1.CNc1ccc(C2CCCCC2)nn1.NCc1cccc(CC=O)n1.O=CNc1cccnn1. The summed E-state index contributed by atoms with van der Waals surface area (Å²) in [5.41, 5.74) is 15.6. The van der Waals surface area contributed by atoms with E-state index < -0.39 is 0 Å². The zero-order valence-corrected chi connectivity index (χ0v) is 25.6. The maximum Gasteiger partial charge on any atom is 0.212 e. The van der Waals surface area contributed by atoms with Crippen molar-refractivity contribution in [3.8, 4) is 0 Å². The first kappa shape index (κ1) is 35.5. The lowest BCUT2D eigenvalue weighted by molar-refractivity contribution is -0.107. The summed E-state index contributed by atoms with van der Waals surface area (Å²) in [6.45, 7) is 3.04. The van der Waals surface area contributed by atoms with Crippen LogP contribution in [0.15, 0.2) is 66.9 Å². The van der Waals surface area contributed by atoms with E-state index in [4.69, 9.17) is 11.5 Å². The van der Waals surface area contributed by atoms with E-state index in [0.29, 0.717) is 37.7 Å². The average molecular weight is 601 g/mol. The Morgan fingerprint density at radius 2 is 1.43 bits per heavy atom. The van der Waals surface area contributed by atoms with Gasteiger partial charge < -0.3 is 26.9 Å². The molecule has 0 bridgehead atoms. The number of nitrogens with zero attached hydrogens (tertiary/aromatic N) is 6. The minimum atomic E-state index is 0.369. The fraction of sp³-hybridized carbons (Fsp3) is 0.375. The molecule has 0 atom stereocenters. The number of aldehydes is 1. The molecule has 6 N–H and O–H groups in total. The number of nitrogens with two attached hydrogens (primary N) is 2. The molecule has 0 aromatic carbocycles. The van der Waals surface area contributed by atoms with E-state index in [1.54, 1.807) is 12.1 Å². The molecule has 1 saturated carbocycles. The van der Waals surface area contributed by atoms with Crippen LogP contribution in [0.25, 0.3) is 0 Å². The van der Waals surface area contributed by atoms with Crippen molar-refractivity contribution in [1.82, 2.24) is 30.4 Å². The first-order valence-electron chi connectivity index (χ1n) is 14.8. The zero-order chi connectivity index (χ0) is 31.8. The molecule has 1 amide bonds. The Balaban J connectivity index is 0.000000208. The van der Waals surface area contributed by atoms with Gasteiger partial charge in [-0.05, 0) is 67.8 Å². The summed E-state index contributed by atoms with van der Waals surface area (Å²) in [4.78, 5) is 28.3. The maximum absolute atomic E-state index is 10.1. The van der Waals surface area contributed by atoms with Crippen LogP contribution in [-0.2, 0) is 35.5 Å². The summed E-state index contributed by atoms with van der Waals surface area (Å²) in [5, 5.41) is 20.8. The van der Waals surface area contributed by atoms with Crippen molar-refractivity contribution >= 4 is 24.3 Å². The lowest BCUT2D eigenvalue weighted by Gasteiger charge is -2.20. The van der Waals surface area contributed by atoms with Crippen LogP contribution >= 0.6 is 0 Å². The highest BCUT2D eigenvalue weighted by atomic mass is 16.1. The molecule has 0 saturated heterocycles. The Bertz CT molecular complexity index is 1320. The topological polar surface area (TPSA) is 188 Å². The van der Waals surface area contributed by atoms with E-state index >= 15 is 0 Å². The monoisotopic (exact) mass is 600 g/mol. The summed E-state index contributed by atoms with van der Waals surface area (Å²) >= 11 is 0. The van der Waals surface area contributed by atoms with Crippen molar-refractivity contribution in [3.05, 3.63) is 95.3 Å². The summed E-state index contributed by atoms with van der Waals surface area (Å²) in [6.07, 6.45) is 10.9. The second-order valence-corrected chi connectivity index (χ2v) is 9.67. The number of rotatable bonds is 9. The van der Waals surface area contributed by atoms with E-state index in [0.717, 1.165) is 41.3 Å². The van der Waals surface area contributed by atoms with Crippen LogP contribution in [0, 0.1) is 0 Å². The lowest BCUT2D eigenvalue weighted by atomic mass is 9.87. The van der Waals surface area contributed by atoms with Gasteiger partial charge in [-0.15, -0.1) is 10.2 Å². The molecule has 4 aromatic rings. The number of hydrogen-bond donors (Lipinski definition) is 4. The predicted octanol–water partition coefficient (Wildman–Crippen LogP) is 4.00. The molecule has 12 heteroatoms. The smallest absolute Gasteiger partial charge is 0.212 e. The predicted molar refractivity (Wildman–Crippen MR) is 173 cm³/mol. The van der Waals surface area contributed by atoms with Crippen LogP contribution < -0.4 is 22.1 Å². The van der Waals surface area contributed by atoms with Gasteiger partial charge in [0, 0.05) is 50.1 Å². The number of nitrogens with one attached hydrogen (secondary N) is 2. The molecule has 4 aromatic heterocycles. The molecule has 5 rings (SSSR count). The molecule has 234 valence electrons. The van der Waals surface area contributed by atoms with Gasteiger partial charge in [-0.1, -0.05) is 38.3 Å². The third-order valence-electron chi connectivity index (χ3n) is 6.55. The largest absolute Gasteiger partial charge is 0.372 e. The highest BCUT2D eigenvalue weighted by Gasteiger charge is 2.16. The van der Waals surface area contributed by atoms with Gasteiger partial charge in [0.25, 0.3) is 0 Å². The van der Waals surface area contributed by atoms with E-state index in [2.05, 4.69) is 54.0 Å². The van der Waals surface area contributed by atoms with E-state index in [1.165, 1.54) is 44.0 Å². The van der Waals surface area contributed by atoms with Crippen LogP contribution in [0.5, 0.6) is 0 Å². The van der Waals surface area contributed by atoms with Crippen LogP contribution in [0.3, 0.4) is 0 Å². The minimum Gasteiger partial charge on any atom is -0.372 e. The summed E-state index contributed by atoms with van der Waals surface area (Å²) < 4.78 is 0. The Kier molecular flexibility index (Phi) is 17.7. The number of carbonyl (C=O) groups excluding carboxylic acids is 2. The van der Waals surface area contributed by atoms with Gasteiger partial charge in [0.15, 0.2) is 5.82 Å². The molecule has 4 heterocycles. The first-order valence-corrected chi connectivity index (χ1v) is 14.8. The van der Waals surface area contributed by atoms with E-state index in [-0.39, 0.29) is 0 Å². The molecular formula is C32H44N10O2. The molecule has 1 aliphatic rings. The number of amides is 1. The Labute approximate surface area is 259 Å². The second kappa shape index (κ2) is 21.9. The number of aryl methyl sites for hydroxylation is 1. The van der Waals surface area contributed by atoms with Gasteiger partial charge in [0.2, 0.25) is 6.41 Å². The second-order valence-electron chi connectivity index (χ2n) is 9.67. The zero-order valence-electron chi connectivity index (χ0n) is 25.6. The van der Waals surface area contributed by atoms with Crippen LogP contribution in [-0.4, -0.2) is 50.1 Å². The third-order valence-corrected chi connectivity index (χ3v) is 6.55. The fourth-order valence-electron chi connectivity index (χ4n) is 4.21. The molecule has 0 aliphatic heterocycles. The standard InChI is InChI=1S/C11H17N3.C8H10N2O.C8H12N2.C5H5N3O/c1-12-11-8-7-10(13-14-11)9-5-3-2-4-6-9;9-6-8-3-1-2-7(10-8)4-5-11;1-2-7-4-3-5-8(6-9)10-7;9-4-6-5-2-1-3-7-8-5/h7-9H,2-6H2,1H3,(H,12,14);1-3,5H,4,6,9H2;3-5H,2,6,9H2,1H3;1-4H,(H,6,8,9). The summed E-state index contributed by atoms with van der Waals surface area (Å²) in [6, 6.07) is 18.9. The van der Waals surface area contributed by atoms with Gasteiger partial charge in [0.05, 0.1) is 17.1 Å². The molecule has 0 spiro atoms.